The number of rotatable bonds is 2. The number of anilines is 2. The van der Waals surface area contributed by atoms with E-state index in [-0.39, 0.29) is 0 Å². The summed E-state index contributed by atoms with van der Waals surface area (Å²) in [5, 5.41) is 6.05. The van der Waals surface area contributed by atoms with Crippen LogP contribution in [0.3, 0.4) is 0 Å². The third-order valence-corrected chi connectivity index (χ3v) is 3.93. The highest BCUT2D eigenvalue weighted by Crippen LogP contribution is 2.42. The first-order valence-corrected chi connectivity index (χ1v) is 7.16. The molecule has 2 heterocycles. The van der Waals surface area contributed by atoms with Gasteiger partial charge in [-0.05, 0) is 37.2 Å². The summed E-state index contributed by atoms with van der Waals surface area (Å²) in [6.45, 7) is 0.898. The van der Waals surface area contributed by atoms with Crippen LogP contribution in [0.15, 0.2) is 48.7 Å². The quantitative estimate of drug-likeness (QED) is 0.599. The van der Waals surface area contributed by atoms with Crippen LogP contribution in [0.4, 0.5) is 11.4 Å². The van der Waals surface area contributed by atoms with Gasteiger partial charge in [0, 0.05) is 35.1 Å². The van der Waals surface area contributed by atoms with Crippen LogP contribution in [0, 0.1) is 0 Å². The Balaban J connectivity index is 2.04. The minimum atomic E-state index is 0.898. The second-order valence-corrected chi connectivity index (χ2v) is 5.77. The van der Waals surface area contributed by atoms with Crippen molar-refractivity contribution in [1.29, 1.82) is 0 Å². The lowest BCUT2D eigenvalue weighted by Gasteiger charge is -2.23. The van der Waals surface area contributed by atoms with Gasteiger partial charge in [0.15, 0.2) is 0 Å². The molecule has 3 heteroatoms. The molecule has 0 spiro atoms. The molecule has 0 atom stereocenters. The van der Waals surface area contributed by atoms with Gasteiger partial charge in [-0.2, -0.15) is 0 Å². The molecular formula is C18H17N3. The van der Waals surface area contributed by atoms with Gasteiger partial charge < -0.3 is 10.2 Å². The fourth-order valence-corrected chi connectivity index (χ4v) is 3.07. The summed E-state index contributed by atoms with van der Waals surface area (Å²) < 4.78 is 0. The van der Waals surface area contributed by atoms with E-state index in [0.29, 0.717) is 0 Å². The van der Waals surface area contributed by atoms with Crippen molar-refractivity contribution >= 4 is 22.1 Å². The maximum atomic E-state index is 4.77. The number of hydrogen-bond donors (Lipinski definition) is 1. The molecule has 21 heavy (non-hydrogen) atoms. The molecule has 0 fully saturated rings. The molecule has 3 nitrogen and oxygen atoms in total. The molecule has 1 aliphatic heterocycles. The van der Waals surface area contributed by atoms with E-state index in [1.165, 1.54) is 21.9 Å². The number of pyridine rings is 1. The monoisotopic (exact) mass is 275 g/mol. The summed E-state index contributed by atoms with van der Waals surface area (Å²) in [6.07, 6.45) is 2.02. The smallest absolute Gasteiger partial charge is 0.0822 e. The van der Waals surface area contributed by atoms with Crippen molar-refractivity contribution in [2.24, 2.45) is 0 Å². The second-order valence-electron chi connectivity index (χ2n) is 5.77. The molecule has 1 aliphatic rings. The molecule has 0 radical (unpaired) electrons. The van der Waals surface area contributed by atoms with Crippen LogP contribution in [-0.4, -0.2) is 24.0 Å². The Morgan fingerprint density at radius 2 is 1.81 bits per heavy atom. The predicted molar refractivity (Wildman–Crippen MR) is 87.9 cm³/mol. The van der Waals surface area contributed by atoms with Gasteiger partial charge in [-0.15, -0.1) is 0 Å². The molecule has 0 aliphatic carbocycles. The van der Waals surface area contributed by atoms with Crippen molar-refractivity contribution in [2.45, 2.75) is 6.54 Å². The molecular weight excluding hydrogens is 258 g/mol. The van der Waals surface area contributed by atoms with Crippen LogP contribution in [-0.2, 0) is 6.54 Å². The minimum Gasteiger partial charge on any atom is -0.354 e. The number of fused-ring (bicyclic) bond motifs is 2. The maximum absolute atomic E-state index is 4.77. The average molecular weight is 275 g/mol. The standard InChI is InChI=1S/C18H17N3/c1-21(2)11-12-10-19-18-14-6-3-4-8-15(14)20-16-9-5-7-13(12)17(16)18/h3-10,20H,11H2,1-2H3. The van der Waals surface area contributed by atoms with Gasteiger partial charge in [-0.25, -0.2) is 0 Å². The lowest BCUT2D eigenvalue weighted by atomic mass is 9.95. The molecule has 104 valence electrons. The summed E-state index contributed by atoms with van der Waals surface area (Å²) in [4.78, 5) is 6.94. The summed E-state index contributed by atoms with van der Waals surface area (Å²) in [7, 11) is 4.17. The summed E-state index contributed by atoms with van der Waals surface area (Å²) in [5.74, 6) is 0. The van der Waals surface area contributed by atoms with Crippen LogP contribution < -0.4 is 5.32 Å². The zero-order valence-corrected chi connectivity index (χ0v) is 12.2. The Bertz CT molecular complexity index is 837. The van der Waals surface area contributed by atoms with E-state index in [2.05, 4.69) is 66.8 Å². The topological polar surface area (TPSA) is 28.2 Å². The van der Waals surface area contributed by atoms with Gasteiger partial charge in [0.25, 0.3) is 0 Å². The predicted octanol–water partition coefficient (Wildman–Crippen LogP) is 4.02. The maximum Gasteiger partial charge on any atom is 0.0822 e. The highest BCUT2D eigenvalue weighted by molar-refractivity contribution is 6.10. The molecule has 4 rings (SSSR count). The number of aromatic nitrogens is 1. The number of benzene rings is 2. The molecule has 1 N–H and O–H groups in total. The van der Waals surface area contributed by atoms with E-state index >= 15 is 0 Å². The summed E-state index contributed by atoms with van der Waals surface area (Å²) in [5.41, 5.74) is 5.80. The number of nitrogens with zero attached hydrogens (tertiary/aromatic N) is 2. The molecule has 3 aromatic rings. The van der Waals surface area contributed by atoms with Gasteiger partial charge in [0.2, 0.25) is 0 Å². The first-order valence-electron chi connectivity index (χ1n) is 7.16. The molecule has 0 saturated heterocycles. The van der Waals surface area contributed by atoms with Crippen LogP contribution in [0.25, 0.3) is 22.0 Å². The van der Waals surface area contributed by atoms with E-state index in [1.54, 1.807) is 0 Å². The fraction of sp³-hybridized carbons (Fsp3) is 0.167. The van der Waals surface area contributed by atoms with E-state index in [1.807, 2.05) is 6.20 Å². The number of para-hydroxylation sites is 1. The molecule has 0 saturated carbocycles. The number of nitrogens with one attached hydrogen (secondary N) is 1. The highest BCUT2D eigenvalue weighted by atomic mass is 15.0. The van der Waals surface area contributed by atoms with Crippen LogP contribution in [0.1, 0.15) is 5.56 Å². The average Bonchev–Trinajstić information content (AvgIpc) is 2.49. The third kappa shape index (κ3) is 1.89. The van der Waals surface area contributed by atoms with Crippen molar-refractivity contribution < 1.29 is 0 Å². The van der Waals surface area contributed by atoms with E-state index in [4.69, 9.17) is 4.98 Å². The Labute approximate surface area is 124 Å². The van der Waals surface area contributed by atoms with Crippen molar-refractivity contribution in [3.63, 3.8) is 0 Å². The normalized spacial score (nSPS) is 12.3. The Morgan fingerprint density at radius 3 is 2.67 bits per heavy atom. The molecule has 0 unspecified atom stereocenters. The lowest BCUT2D eigenvalue weighted by Crippen LogP contribution is -2.12. The summed E-state index contributed by atoms with van der Waals surface area (Å²) >= 11 is 0. The highest BCUT2D eigenvalue weighted by Gasteiger charge is 2.20. The van der Waals surface area contributed by atoms with Crippen molar-refractivity contribution in [2.75, 3.05) is 19.4 Å². The zero-order chi connectivity index (χ0) is 14.4. The Hall–Kier alpha value is -2.39. The van der Waals surface area contributed by atoms with E-state index < -0.39 is 0 Å². The van der Waals surface area contributed by atoms with Crippen molar-refractivity contribution in [3.05, 3.63) is 54.2 Å². The van der Waals surface area contributed by atoms with Gasteiger partial charge in [-0.1, -0.05) is 30.3 Å². The molecule has 1 aromatic heterocycles. The molecule has 2 aromatic carbocycles. The molecule has 0 amide bonds. The van der Waals surface area contributed by atoms with E-state index in [9.17, 15) is 0 Å². The molecule has 0 bridgehead atoms. The van der Waals surface area contributed by atoms with Crippen molar-refractivity contribution in [3.8, 4) is 11.3 Å². The largest absolute Gasteiger partial charge is 0.354 e. The van der Waals surface area contributed by atoms with E-state index in [0.717, 1.165) is 23.6 Å². The Morgan fingerprint density at radius 1 is 1.00 bits per heavy atom. The van der Waals surface area contributed by atoms with Gasteiger partial charge in [-0.3, -0.25) is 4.98 Å². The van der Waals surface area contributed by atoms with Crippen LogP contribution in [0.2, 0.25) is 0 Å². The van der Waals surface area contributed by atoms with Gasteiger partial charge in [0.1, 0.15) is 0 Å². The lowest BCUT2D eigenvalue weighted by molar-refractivity contribution is 0.403. The van der Waals surface area contributed by atoms with Gasteiger partial charge in [0.05, 0.1) is 5.69 Å². The SMILES string of the molecule is CN(C)Cc1cnc2c3c(cccc13)Nc1ccccc1-2. The minimum absolute atomic E-state index is 0.898. The summed E-state index contributed by atoms with van der Waals surface area (Å²) in [6, 6.07) is 14.8. The fourth-order valence-electron chi connectivity index (χ4n) is 3.07. The van der Waals surface area contributed by atoms with Crippen molar-refractivity contribution in [1.82, 2.24) is 9.88 Å². The van der Waals surface area contributed by atoms with Gasteiger partial charge >= 0.3 is 0 Å². The first-order chi connectivity index (χ1) is 10.2. The first kappa shape index (κ1) is 12.4. The zero-order valence-electron chi connectivity index (χ0n) is 12.2. The number of hydrogen-bond acceptors (Lipinski definition) is 3. The third-order valence-electron chi connectivity index (χ3n) is 3.93. The van der Waals surface area contributed by atoms with Crippen LogP contribution >= 0.6 is 0 Å². The second kappa shape index (κ2) is 4.57. The van der Waals surface area contributed by atoms with Crippen LogP contribution in [0.5, 0.6) is 0 Å². The Kier molecular flexibility index (Phi) is 2.69.